The minimum absolute atomic E-state index is 0.162. The number of hydrogen-bond acceptors (Lipinski definition) is 4. The average Bonchev–Trinajstić information content (AvgIpc) is 2.99. The summed E-state index contributed by atoms with van der Waals surface area (Å²) in [5.41, 5.74) is 3.53. The van der Waals surface area contributed by atoms with Gasteiger partial charge >= 0.3 is 0 Å². The summed E-state index contributed by atoms with van der Waals surface area (Å²) in [5.74, 6) is 0.761. The molecule has 2 N–H and O–H groups in total. The van der Waals surface area contributed by atoms with Crippen molar-refractivity contribution < 1.29 is 8.42 Å². The summed E-state index contributed by atoms with van der Waals surface area (Å²) in [4.78, 5) is 10.1. The molecule has 3 aromatic rings. The Balaban J connectivity index is 1.66. The molecule has 0 radical (unpaired) electrons. The van der Waals surface area contributed by atoms with Crippen LogP contribution in [0.25, 0.3) is 10.9 Å². The smallest absolute Gasteiger partial charge is 0.241 e. The van der Waals surface area contributed by atoms with Gasteiger partial charge in [0.15, 0.2) is 0 Å². The molecule has 0 unspecified atom stereocenters. The monoisotopic (exact) mass is 376 g/mol. The number of sulfonamides is 1. The predicted molar refractivity (Wildman–Crippen MR) is 98.5 cm³/mol. The average molecular weight is 377 g/mol. The molecule has 1 aliphatic heterocycles. The highest BCUT2D eigenvalue weighted by Gasteiger charge is 2.22. The lowest BCUT2D eigenvalue weighted by Crippen LogP contribution is -2.30. The van der Waals surface area contributed by atoms with E-state index in [9.17, 15) is 8.42 Å². The molecule has 1 aliphatic rings. The van der Waals surface area contributed by atoms with Crippen LogP contribution in [0.15, 0.2) is 41.4 Å². The van der Waals surface area contributed by atoms with Gasteiger partial charge in [0.1, 0.15) is 10.7 Å². The third-order valence-corrected chi connectivity index (χ3v) is 6.20. The number of rotatable bonds is 3. The van der Waals surface area contributed by atoms with Gasteiger partial charge in [-0.1, -0.05) is 11.6 Å². The van der Waals surface area contributed by atoms with E-state index in [-0.39, 0.29) is 4.90 Å². The van der Waals surface area contributed by atoms with Crippen molar-refractivity contribution >= 4 is 38.3 Å². The van der Waals surface area contributed by atoms with Crippen molar-refractivity contribution in [1.29, 1.82) is 0 Å². The molecule has 8 heteroatoms. The van der Waals surface area contributed by atoms with Crippen LogP contribution in [0.3, 0.4) is 0 Å². The van der Waals surface area contributed by atoms with Gasteiger partial charge in [-0.15, -0.1) is 0 Å². The highest BCUT2D eigenvalue weighted by molar-refractivity contribution is 7.89. The molecule has 1 aromatic carbocycles. The van der Waals surface area contributed by atoms with Crippen LogP contribution >= 0.6 is 11.6 Å². The second-order valence-corrected chi connectivity index (χ2v) is 8.33. The number of aromatic nitrogens is 2. The Morgan fingerprint density at radius 1 is 1.28 bits per heavy atom. The first-order valence-electron chi connectivity index (χ1n) is 7.91. The van der Waals surface area contributed by atoms with Crippen LogP contribution in [-0.4, -0.2) is 32.0 Å². The normalized spacial score (nSPS) is 14.7. The van der Waals surface area contributed by atoms with Gasteiger partial charge in [-0.05, 0) is 37.4 Å². The molecule has 0 saturated carbocycles. The molecule has 3 heterocycles. The number of nitrogens with one attached hydrogen (secondary N) is 2. The molecule has 0 aliphatic carbocycles. The number of anilines is 1. The first-order valence-corrected chi connectivity index (χ1v) is 9.77. The lowest BCUT2D eigenvalue weighted by Gasteiger charge is -2.28. The number of hydrogen-bond donors (Lipinski definition) is 2. The Hall–Kier alpha value is -2.09. The zero-order valence-corrected chi connectivity index (χ0v) is 15.2. The fourth-order valence-corrected chi connectivity index (χ4v) is 4.06. The zero-order valence-electron chi connectivity index (χ0n) is 13.6. The number of nitrogens with zero attached hydrogens (tertiary/aromatic N) is 2. The maximum absolute atomic E-state index is 11.8. The molecule has 6 nitrogen and oxygen atoms in total. The largest absolute Gasteiger partial charge is 0.358 e. The second kappa shape index (κ2) is 6.01. The van der Waals surface area contributed by atoms with E-state index >= 15 is 0 Å². The first-order chi connectivity index (χ1) is 12.0. The van der Waals surface area contributed by atoms with Crippen molar-refractivity contribution in [3.05, 3.63) is 52.8 Å². The van der Waals surface area contributed by atoms with E-state index in [0.717, 1.165) is 29.7 Å². The van der Waals surface area contributed by atoms with E-state index in [1.54, 1.807) is 12.1 Å². The summed E-state index contributed by atoms with van der Waals surface area (Å²) in [6, 6.07) is 9.18. The van der Waals surface area contributed by atoms with Crippen LogP contribution in [0.2, 0.25) is 5.02 Å². The first kappa shape index (κ1) is 16.4. The molecule has 2 aromatic heterocycles. The maximum atomic E-state index is 11.8. The molecule has 0 bridgehead atoms. The third-order valence-electron chi connectivity index (χ3n) is 4.56. The number of benzene rings is 1. The lowest BCUT2D eigenvalue weighted by atomic mass is 10.0. The predicted octanol–water partition coefficient (Wildman–Crippen LogP) is 2.69. The van der Waals surface area contributed by atoms with Crippen LogP contribution in [0.5, 0.6) is 0 Å². The number of pyridine rings is 1. The number of halogens is 1. The quantitative estimate of drug-likeness (QED) is 0.736. The number of H-pyrrole nitrogens is 1. The van der Waals surface area contributed by atoms with Gasteiger partial charge in [0.2, 0.25) is 10.0 Å². The third kappa shape index (κ3) is 2.88. The van der Waals surface area contributed by atoms with Crippen molar-refractivity contribution in [1.82, 2.24) is 14.7 Å². The van der Waals surface area contributed by atoms with Crippen molar-refractivity contribution in [2.45, 2.75) is 17.9 Å². The van der Waals surface area contributed by atoms with Crippen molar-refractivity contribution in [2.75, 3.05) is 18.5 Å². The topological polar surface area (TPSA) is 78.1 Å². The fraction of sp³-hybridized carbons (Fsp3) is 0.235. The van der Waals surface area contributed by atoms with Gasteiger partial charge in [0.05, 0.1) is 0 Å². The van der Waals surface area contributed by atoms with E-state index < -0.39 is 10.0 Å². The molecule has 0 atom stereocenters. The van der Waals surface area contributed by atoms with Gasteiger partial charge < -0.3 is 9.88 Å². The summed E-state index contributed by atoms with van der Waals surface area (Å²) >= 11 is 6.14. The summed E-state index contributed by atoms with van der Waals surface area (Å²) < 4.78 is 25.9. The van der Waals surface area contributed by atoms with Crippen LogP contribution in [0.4, 0.5) is 5.82 Å². The molecule has 130 valence electrons. The Labute approximate surface area is 150 Å². The van der Waals surface area contributed by atoms with Crippen LogP contribution in [0.1, 0.15) is 11.3 Å². The highest BCUT2D eigenvalue weighted by atomic mass is 35.5. The maximum Gasteiger partial charge on any atom is 0.241 e. The fourth-order valence-electron chi connectivity index (χ4n) is 3.22. The van der Waals surface area contributed by atoms with Gasteiger partial charge in [-0.25, -0.2) is 18.1 Å². The van der Waals surface area contributed by atoms with Crippen LogP contribution in [0, 0.1) is 0 Å². The van der Waals surface area contributed by atoms with Crippen molar-refractivity contribution in [3.63, 3.8) is 0 Å². The number of fused-ring (bicyclic) bond motifs is 3. The minimum Gasteiger partial charge on any atom is -0.358 e. The summed E-state index contributed by atoms with van der Waals surface area (Å²) in [7, 11) is -2.08. The number of aromatic amines is 1. The van der Waals surface area contributed by atoms with Gasteiger partial charge in [-0.3, -0.25) is 0 Å². The van der Waals surface area contributed by atoms with Crippen LogP contribution < -0.4 is 9.62 Å². The molecule has 0 spiro atoms. The van der Waals surface area contributed by atoms with Gasteiger partial charge in [-0.2, -0.15) is 0 Å². The molecular weight excluding hydrogens is 360 g/mol. The Morgan fingerprint density at radius 2 is 2.12 bits per heavy atom. The van der Waals surface area contributed by atoms with Crippen molar-refractivity contribution in [3.8, 4) is 0 Å². The van der Waals surface area contributed by atoms with E-state index in [4.69, 9.17) is 11.6 Å². The molecular formula is C17H17ClN4O2S. The second-order valence-electron chi connectivity index (χ2n) is 6.00. The summed E-state index contributed by atoms with van der Waals surface area (Å²) in [6.45, 7) is 1.53. The summed E-state index contributed by atoms with van der Waals surface area (Å²) in [5, 5.41) is 1.84. The van der Waals surface area contributed by atoms with Gasteiger partial charge in [0.25, 0.3) is 0 Å². The molecule has 0 fully saturated rings. The molecule has 0 amide bonds. The van der Waals surface area contributed by atoms with E-state index in [2.05, 4.69) is 19.6 Å². The molecule has 0 saturated heterocycles. The molecule has 4 rings (SSSR count). The SMILES string of the molecule is CNS(=O)(=O)c1ccc(N2CCc3[nH]c4ccc(Cl)cc4c3C2)nc1. The Morgan fingerprint density at radius 3 is 2.84 bits per heavy atom. The zero-order chi connectivity index (χ0) is 17.6. The minimum atomic E-state index is -3.47. The van der Waals surface area contributed by atoms with Crippen LogP contribution in [-0.2, 0) is 23.0 Å². The lowest BCUT2D eigenvalue weighted by molar-refractivity contribution is 0.587. The van der Waals surface area contributed by atoms with Crippen molar-refractivity contribution in [2.24, 2.45) is 0 Å². The summed E-state index contributed by atoms with van der Waals surface area (Å²) in [6.07, 6.45) is 2.27. The van der Waals surface area contributed by atoms with E-state index in [1.165, 1.54) is 24.5 Å². The molecule has 25 heavy (non-hydrogen) atoms. The van der Waals surface area contributed by atoms with E-state index in [0.29, 0.717) is 11.6 Å². The Bertz CT molecular complexity index is 1040. The van der Waals surface area contributed by atoms with Gasteiger partial charge in [0, 0.05) is 52.9 Å². The Kier molecular flexibility index (Phi) is 3.94. The standard InChI is InChI=1S/C17H17ClN4O2S/c1-19-25(23,24)12-3-5-17(20-9-12)22-7-6-16-14(10-22)13-8-11(18)2-4-15(13)21-16/h2-5,8-9,19,21H,6-7,10H2,1H3. The highest BCUT2D eigenvalue weighted by Crippen LogP contribution is 2.31. The van der Waals surface area contributed by atoms with E-state index in [1.807, 2.05) is 18.2 Å².